The van der Waals surface area contributed by atoms with E-state index >= 15 is 0 Å². The largest absolute Gasteiger partial charge is 0.294 e. The molecule has 0 amide bonds. The van der Waals surface area contributed by atoms with E-state index in [9.17, 15) is 4.79 Å². The Balaban J connectivity index is 1.88. The van der Waals surface area contributed by atoms with Crippen LogP contribution in [0.2, 0.25) is 0 Å². The third-order valence-electron chi connectivity index (χ3n) is 3.83. The summed E-state index contributed by atoms with van der Waals surface area (Å²) in [5, 5.41) is 0. The number of aryl methyl sites for hydroxylation is 1. The minimum Gasteiger partial charge on any atom is -0.294 e. The zero-order valence-electron chi connectivity index (χ0n) is 11.0. The number of hydrogen-bond acceptors (Lipinski definition) is 1. The van der Waals surface area contributed by atoms with Crippen LogP contribution in [-0.4, -0.2) is 10.1 Å². The van der Waals surface area contributed by atoms with Gasteiger partial charge >= 0.3 is 0 Å². The second kappa shape index (κ2) is 4.91. The number of alkyl halides is 2. The predicted molar refractivity (Wildman–Crippen MR) is 82.6 cm³/mol. The molecule has 2 aromatic rings. The van der Waals surface area contributed by atoms with E-state index in [0.29, 0.717) is 5.56 Å². The van der Waals surface area contributed by atoms with Crippen molar-refractivity contribution in [2.75, 3.05) is 0 Å². The molecule has 2 atom stereocenters. The van der Waals surface area contributed by atoms with E-state index in [1.54, 1.807) is 0 Å². The van der Waals surface area contributed by atoms with Crippen molar-refractivity contribution in [2.45, 2.75) is 17.2 Å². The highest BCUT2D eigenvalue weighted by Crippen LogP contribution is 2.65. The molecule has 3 rings (SSSR count). The van der Waals surface area contributed by atoms with Gasteiger partial charge in [-0.1, -0.05) is 60.2 Å². The number of halogens is 2. The molecule has 1 fully saturated rings. The van der Waals surface area contributed by atoms with Gasteiger partial charge in [-0.15, -0.1) is 23.2 Å². The van der Waals surface area contributed by atoms with Gasteiger partial charge in [0.15, 0.2) is 5.78 Å². The minimum atomic E-state index is -0.997. The summed E-state index contributed by atoms with van der Waals surface area (Å²) in [5.74, 6) is -0.472. The lowest BCUT2D eigenvalue weighted by atomic mass is 10.0. The third-order valence-corrected chi connectivity index (χ3v) is 4.77. The Bertz CT molecular complexity index is 632. The van der Waals surface area contributed by atoms with Crippen LogP contribution >= 0.6 is 23.2 Å². The van der Waals surface area contributed by atoms with E-state index in [4.69, 9.17) is 23.2 Å². The quantitative estimate of drug-likeness (QED) is 0.590. The fraction of sp³-hybridized carbons (Fsp3) is 0.235. The molecule has 0 aromatic heterocycles. The number of carbonyl (C=O) groups excluding carboxylic acids is 1. The Hall–Kier alpha value is -1.31. The highest BCUT2D eigenvalue weighted by atomic mass is 35.5. The van der Waals surface area contributed by atoms with E-state index in [1.165, 1.54) is 0 Å². The molecule has 1 nitrogen and oxygen atoms in total. The fourth-order valence-corrected chi connectivity index (χ4v) is 3.45. The number of carbonyl (C=O) groups is 1. The molecule has 0 bridgehead atoms. The van der Waals surface area contributed by atoms with Crippen LogP contribution in [0.1, 0.15) is 27.4 Å². The van der Waals surface area contributed by atoms with Crippen molar-refractivity contribution < 1.29 is 4.79 Å². The lowest BCUT2D eigenvalue weighted by Gasteiger charge is -2.01. The predicted octanol–water partition coefficient (Wildman–Crippen LogP) is 4.77. The number of Topliss-reactive ketones (excluding diaryl/α,β-unsaturated/α-hetero) is 1. The van der Waals surface area contributed by atoms with Crippen molar-refractivity contribution in [2.24, 2.45) is 5.92 Å². The van der Waals surface area contributed by atoms with Crippen LogP contribution in [0.4, 0.5) is 0 Å². The lowest BCUT2D eigenvalue weighted by molar-refractivity contribution is 0.0964. The van der Waals surface area contributed by atoms with E-state index < -0.39 is 4.33 Å². The molecule has 0 heterocycles. The summed E-state index contributed by atoms with van der Waals surface area (Å²) in [4.78, 5) is 12.5. The monoisotopic (exact) mass is 304 g/mol. The van der Waals surface area contributed by atoms with Gasteiger partial charge in [0.25, 0.3) is 0 Å². The molecule has 1 aliphatic carbocycles. The Kier molecular flexibility index (Phi) is 3.35. The molecular weight excluding hydrogens is 291 g/mol. The molecule has 102 valence electrons. The summed E-state index contributed by atoms with van der Waals surface area (Å²) < 4.78 is -0.997. The SMILES string of the molecule is Cc1ccc(C(=O)C2C(c3ccccc3)C2(Cl)Cl)cc1. The van der Waals surface area contributed by atoms with Gasteiger partial charge < -0.3 is 0 Å². The highest BCUT2D eigenvalue weighted by molar-refractivity contribution is 6.53. The van der Waals surface area contributed by atoms with Crippen molar-refractivity contribution >= 4 is 29.0 Å². The molecular formula is C17H14Cl2O. The van der Waals surface area contributed by atoms with E-state index in [2.05, 4.69) is 0 Å². The van der Waals surface area contributed by atoms with Gasteiger partial charge in [0.1, 0.15) is 4.33 Å². The van der Waals surface area contributed by atoms with Gasteiger partial charge in [-0.3, -0.25) is 4.79 Å². The molecule has 1 aliphatic rings. The van der Waals surface area contributed by atoms with Crippen molar-refractivity contribution in [3.05, 3.63) is 71.3 Å². The molecule has 2 aromatic carbocycles. The zero-order valence-corrected chi connectivity index (χ0v) is 12.5. The van der Waals surface area contributed by atoms with E-state index in [0.717, 1.165) is 11.1 Å². The summed E-state index contributed by atoms with van der Waals surface area (Å²) in [7, 11) is 0. The Morgan fingerprint density at radius 1 is 1.00 bits per heavy atom. The van der Waals surface area contributed by atoms with Crippen LogP contribution in [0, 0.1) is 12.8 Å². The fourth-order valence-electron chi connectivity index (χ4n) is 2.63. The van der Waals surface area contributed by atoms with Crippen LogP contribution in [0.25, 0.3) is 0 Å². The topological polar surface area (TPSA) is 17.1 Å². The Morgan fingerprint density at radius 3 is 2.20 bits per heavy atom. The third kappa shape index (κ3) is 2.25. The first-order chi connectivity index (χ1) is 9.51. The number of benzene rings is 2. The highest BCUT2D eigenvalue weighted by Gasteiger charge is 2.67. The van der Waals surface area contributed by atoms with Gasteiger partial charge in [0.2, 0.25) is 0 Å². The van der Waals surface area contributed by atoms with E-state index in [-0.39, 0.29) is 17.6 Å². The van der Waals surface area contributed by atoms with Gasteiger partial charge in [0, 0.05) is 11.5 Å². The average molecular weight is 305 g/mol. The molecule has 3 heteroatoms. The van der Waals surface area contributed by atoms with Crippen LogP contribution < -0.4 is 0 Å². The van der Waals surface area contributed by atoms with Crippen LogP contribution in [0.3, 0.4) is 0 Å². The van der Waals surface area contributed by atoms with Crippen molar-refractivity contribution in [1.82, 2.24) is 0 Å². The summed E-state index contributed by atoms with van der Waals surface area (Å²) >= 11 is 12.7. The first-order valence-corrected chi connectivity index (χ1v) is 7.31. The summed E-state index contributed by atoms with van der Waals surface area (Å²) in [6.45, 7) is 1.99. The standard InChI is InChI=1S/C17H14Cl2O/c1-11-7-9-13(10-8-11)16(20)15-14(17(15,18)19)12-5-3-2-4-6-12/h2-10,14-15H,1H3. The van der Waals surface area contributed by atoms with Crippen molar-refractivity contribution in [3.63, 3.8) is 0 Å². The van der Waals surface area contributed by atoms with Crippen LogP contribution in [-0.2, 0) is 0 Å². The second-order valence-corrected chi connectivity index (χ2v) is 6.72. The maximum atomic E-state index is 12.5. The first-order valence-electron chi connectivity index (χ1n) is 6.55. The van der Waals surface area contributed by atoms with Gasteiger partial charge in [-0.05, 0) is 12.5 Å². The molecule has 0 N–H and O–H groups in total. The average Bonchev–Trinajstić information content (AvgIpc) is 3.02. The molecule has 0 saturated heterocycles. The molecule has 0 aliphatic heterocycles. The van der Waals surface area contributed by atoms with Gasteiger partial charge in [-0.2, -0.15) is 0 Å². The second-order valence-electron chi connectivity index (χ2n) is 5.27. The lowest BCUT2D eigenvalue weighted by Crippen LogP contribution is -2.06. The van der Waals surface area contributed by atoms with Crippen LogP contribution in [0.15, 0.2) is 54.6 Å². The summed E-state index contributed by atoms with van der Waals surface area (Å²) in [6, 6.07) is 17.3. The Morgan fingerprint density at radius 2 is 1.60 bits per heavy atom. The van der Waals surface area contributed by atoms with Crippen molar-refractivity contribution in [1.29, 1.82) is 0 Å². The molecule has 0 spiro atoms. The van der Waals surface area contributed by atoms with Gasteiger partial charge in [0.05, 0.1) is 5.92 Å². The summed E-state index contributed by atoms with van der Waals surface area (Å²) in [5.41, 5.74) is 2.81. The van der Waals surface area contributed by atoms with Crippen molar-refractivity contribution in [3.8, 4) is 0 Å². The maximum Gasteiger partial charge on any atom is 0.169 e. The Labute approximate surface area is 128 Å². The molecule has 2 unspecified atom stereocenters. The first kappa shape index (κ1) is 13.7. The van der Waals surface area contributed by atoms with Crippen LogP contribution in [0.5, 0.6) is 0 Å². The van der Waals surface area contributed by atoms with Gasteiger partial charge in [-0.25, -0.2) is 0 Å². The normalized spacial score (nSPS) is 23.4. The van der Waals surface area contributed by atoms with E-state index in [1.807, 2.05) is 61.5 Å². The number of ketones is 1. The molecule has 20 heavy (non-hydrogen) atoms. The summed E-state index contributed by atoms with van der Waals surface area (Å²) in [6.07, 6.45) is 0. The molecule has 0 radical (unpaired) electrons. The zero-order chi connectivity index (χ0) is 14.3. The smallest absolute Gasteiger partial charge is 0.169 e. The minimum absolute atomic E-state index is 0.0175. The molecule has 1 saturated carbocycles. The number of rotatable bonds is 3. The maximum absolute atomic E-state index is 12.5. The number of hydrogen-bond donors (Lipinski definition) is 0.